The highest BCUT2D eigenvalue weighted by atomic mass is 35.5. The van der Waals surface area contributed by atoms with Gasteiger partial charge < -0.3 is 10.3 Å². The van der Waals surface area contributed by atoms with Gasteiger partial charge in [-0.1, -0.05) is 41.2 Å². The van der Waals surface area contributed by atoms with E-state index in [4.69, 9.17) is 33.5 Å². The van der Waals surface area contributed by atoms with Crippen LogP contribution in [0.2, 0.25) is 10.0 Å². The Morgan fingerprint density at radius 2 is 1.74 bits per heavy atom. The van der Waals surface area contributed by atoms with Crippen molar-refractivity contribution in [1.82, 2.24) is 10.1 Å². The SMILES string of the molecule is NC1(c2noc(-c3cc(Cl)cc(Cl)c3)n2)CCCC1. The van der Waals surface area contributed by atoms with Crippen molar-refractivity contribution in [3.63, 3.8) is 0 Å². The van der Waals surface area contributed by atoms with Gasteiger partial charge in [-0.25, -0.2) is 0 Å². The maximum Gasteiger partial charge on any atom is 0.258 e. The molecule has 0 unspecified atom stereocenters. The molecule has 1 fully saturated rings. The summed E-state index contributed by atoms with van der Waals surface area (Å²) in [5.41, 5.74) is 6.55. The van der Waals surface area contributed by atoms with Gasteiger partial charge >= 0.3 is 0 Å². The number of nitrogens with zero attached hydrogens (tertiary/aromatic N) is 2. The second-order valence-electron chi connectivity index (χ2n) is 4.94. The summed E-state index contributed by atoms with van der Waals surface area (Å²) in [5, 5.41) is 5.07. The Kier molecular flexibility index (Phi) is 3.25. The van der Waals surface area contributed by atoms with Crippen molar-refractivity contribution in [2.75, 3.05) is 0 Å². The van der Waals surface area contributed by atoms with Crippen LogP contribution in [-0.4, -0.2) is 10.1 Å². The Morgan fingerprint density at radius 3 is 2.37 bits per heavy atom. The van der Waals surface area contributed by atoms with E-state index in [-0.39, 0.29) is 0 Å². The van der Waals surface area contributed by atoms with Gasteiger partial charge in [-0.15, -0.1) is 0 Å². The van der Waals surface area contributed by atoms with Gasteiger partial charge in [0.15, 0.2) is 5.82 Å². The van der Waals surface area contributed by atoms with Crippen LogP contribution in [-0.2, 0) is 5.54 Å². The van der Waals surface area contributed by atoms with Gasteiger partial charge in [-0.2, -0.15) is 4.98 Å². The zero-order valence-corrected chi connectivity index (χ0v) is 11.7. The van der Waals surface area contributed by atoms with Gasteiger partial charge in [0.1, 0.15) is 0 Å². The van der Waals surface area contributed by atoms with Crippen LogP contribution in [0.5, 0.6) is 0 Å². The van der Waals surface area contributed by atoms with Crippen LogP contribution >= 0.6 is 23.2 Å². The Hall–Kier alpha value is -1.10. The average molecular weight is 298 g/mol. The van der Waals surface area contributed by atoms with E-state index in [9.17, 15) is 0 Å². The van der Waals surface area contributed by atoms with Gasteiger partial charge in [0.05, 0.1) is 5.54 Å². The van der Waals surface area contributed by atoms with Crippen molar-refractivity contribution in [3.8, 4) is 11.5 Å². The number of hydrogen-bond acceptors (Lipinski definition) is 4. The predicted octanol–water partition coefficient (Wildman–Crippen LogP) is 3.77. The van der Waals surface area contributed by atoms with Crippen LogP contribution in [0.1, 0.15) is 31.5 Å². The molecule has 6 heteroatoms. The third kappa shape index (κ3) is 2.48. The van der Waals surface area contributed by atoms with Crippen molar-refractivity contribution in [3.05, 3.63) is 34.1 Å². The lowest BCUT2D eigenvalue weighted by atomic mass is 9.99. The Labute approximate surface area is 120 Å². The van der Waals surface area contributed by atoms with Crippen molar-refractivity contribution in [2.45, 2.75) is 31.2 Å². The molecule has 0 atom stereocenters. The van der Waals surface area contributed by atoms with E-state index in [0.717, 1.165) is 25.7 Å². The summed E-state index contributed by atoms with van der Waals surface area (Å²) < 4.78 is 5.28. The molecular formula is C13H13Cl2N3O. The van der Waals surface area contributed by atoms with E-state index in [1.807, 2.05) is 0 Å². The number of nitrogens with two attached hydrogens (primary N) is 1. The molecule has 0 radical (unpaired) electrons. The largest absolute Gasteiger partial charge is 0.334 e. The minimum atomic E-state index is -0.454. The van der Waals surface area contributed by atoms with E-state index >= 15 is 0 Å². The molecule has 0 spiro atoms. The smallest absolute Gasteiger partial charge is 0.258 e. The fourth-order valence-corrected chi connectivity index (χ4v) is 2.98. The molecule has 1 aromatic heterocycles. The first-order valence-electron chi connectivity index (χ1n) is 6.16. The van der Waals surface area contributed by atoms with Crippen molar-refractivity contribution >= 4 is 23.2 Å². The molecule has 2 aromatic rings. The van der Waals surface area contributed by atoms with Crippen molar-refractivity contribution in [2.24, 2.45) is 5.73 Å². The van der Waals surface area contributed by atoms with Gasteiger partial charge in [0.25, 0.3) is 5.89 Å². The molecule has 1 saturated carbocycles. The van der Waals surface area contributed by atoms with E-state index in [1.54, 1.807) is 18.2 Å². The highest BCUT2D eigenvalue weighted by Gasteiger charge is 2.36. The van der Waals surface area contributed by atoms with Crippen LogP contribution in [0.4, 0.5) is 0 Å². The van der Waals surface area contributed by atoms with E-state index in [2.05, 4.69) is 10.1 Å². The van der Waals surface area contributed by atoms with Gasteiger partial charge in [-0.3, -0.25) is 0 Å². The second-order valence-corrected chi connectivity index (χ2v) is 5.82. The highest BCUT2D eigenvalue weighted by molar-refractivity contribution is 6.35. The van der Waals surface area contributed by atoms with Crippen LogP contribution in [0.3, 0.4) is 0 Å². The molecule has 1 aliphatic rings. The molecule has 0 aliphatic heterocycles. The average Bonchev–Trinajstić information content (AvgIpc) is 2.96. The van der Waals surface area contributed by atoms with Crippen molar-refractivity contribution < 1.29 is 4.52 Å². The maximum atomic E-state index is 6.29. The molecular weight excluding hydrogens is 285 g/mol. The molecule has 0 bridgehead atoms. The number of halogens is 2. The summed E-state index contributed by atoms with van der Waals surface area (Å²) in [6.45, 7) is 0. The third-order valence-electron chi connectivity index (χ3n) is 3.48. The van der Waals surface area contributed by atoms with Crippen LogP contribution in [0.15, 0.2) is 22.7 Å². The summed E-state index contributed by atoms with van der Waals surface area (Å²) in [5.74, 6) is 0.965. The first kappa shape index (κ1) is 12.9. The summed E-state index contributed by atoms with van der Waals surface area (Å²) in [6, 6.07) is 5.14. The number of benzene rings is 1. The van der Waals surface area contributed by atoms with Gasteiger partial charge in [0, 0.05) is 15.6 Å². The minimum Gasteiger partial charge on any atom is -0.334 e. The Morgan fingerprint density at radius 1 is 1.11 bits per heavy atom. The van der Waals surface area contributed by atoms with E-state index < -0.39 is 5.54 Å². The fourth-order valence-electron chi connectivity index (χ4n) is 2.45. The second kappa shape index (κ2) is 4.78. The first-order chi connectivity index (χ1) is 9.07. The van der Waals surface area contributed by atoms with Gasteiger partial charge in [-0.05, 0) is 31.0 Å². The Bertz CT molecular complexity index is 585. The molecule has 1 heterocycles. The van der Waals surface area contributed by atoms with Gasteiger partial charge in [0.2, 0.25) is 0 Å². The summed E-state index contributed by atoms with van der Waals surface area (Å²) in [6.07, 6.45) is 3.98. The Balaban J connectivity index is 1.96. The molecule has 4 nitrogen and oxygen atoms in total. The minimum absolute atomic E-state index is 0.399. The van der Waals surface area contributed by atoms with Crippen LogP contribution in [0.25, 0.3) is 11.5 Å². The molecule has 2 N–H and O–H groups in total. The molecule has 3 rings (SSSR count). The predicted molar refractivity (Wildman–Crippen MR) is 74.1 cm³/mol. The zero-order valence-electron chi connectivity index (χ0n) is 10.2. The molecule has 1 aliphatic carbocycles. The molecule has 0 amide bonds. The first-order valence-corrected chi connectivity index (χ1v) is 6.92. The lowest BCUT2D eigenvalue weighted by Gasteiger charge is -2.17. The molecule has 1 aromatic carbocycles. The topological polar surface area (TPSA) is 64.9 Å². The third-order valence-corrected chi connectivity index (χ3v) is 3.91. The maximum absolute atomic E-state index is 6.29. The van der Waals surface area contributed by atoms with Crippen LogP contribution in [0, 0.1) is 0 Å². The molecule has 100 valence electrons. The standard InChI is InChI=1S/C13H13Cl2N3O/c14-9-5-8(6-10(15)7-9)11-17-12(18-19-11)13(16)3-1-2-4-13/h5-7H,1-4,16H2. The lowest BCUT2D eigenvalue weighted by molar-refractivity contribution is 0.372. The fraction of sp³-hybridized carbons (Fsp3) is 0.385. The van der Waals surface area contributed by atoms with Crippen LogP contribution < -0.4 is 5.73 Å². The monoisotopic (exact) mass is 297 g/mol. The number of aromatic nitrogens is 2. The zero-order chi connectivity index (χ0) is 13.5. The van der Waals surface area contributed by atoms with E-state index in [1.165, 1.54) is 0 Å². The summed E-state index contributed by atoms with van der Waals surface area (Å²) in [7, 11) is 0. The van der Waals surface area contributed by atoms with E-state index in [0.29, 0.717) is 27.3 Å². The molecule has 19 heavy (non-hydrogen) atoms. The summed E-state index contributed by atoms with van der Waals surface area (Å²) in [4.78, 5) is 4.40. The normalized spacial score (nSPS) is 17.8. The summed E-state index contributed by atoms with van der Waals surface area (Å²) >= 11 is 11.9. The lowest BCUT2D eigenvalue weighted by Crippen LogP contribution is -2.34. The quantitative estimate of drug-likeness (QED) is 0.916. The molecule has 0 saturated heterocycles. The van der Waals surface area contributed by atoms with Crippen molar-refractivity contribution in [1.29, 1.82) is 0 Å². The number of hydrogen-bond donors (Lipinski definition) is 1. The highest BCUT2D eigenvalue weighted by Crippen LogP contribution is 2.35. The number of rotatable bonds is 2.